The Morgan fingerprint density at radius 2 is 1.16 bits per heavy atom. The molecule has 73 heavy (non-hydrogen) atoms. The first kappa shape index (κ1) is 50.9. The summed E-state index contributed by atoms with van der Waals surface area (Å²) in [5.74, 6) is 1.24. The van der Waals surface area contributed by atoms with Gasteiger partial charge in [-0.05, 0) is 102 Å². The molecule has 11 rings (SSSR count). The summed E-state index contributed by atoms with van der Waals surface area (Å²) in [4.78, 5) is 15.2. The molecule has 4 aromatic heterocycles. The predicted molar refractivity (Wildman–Crippen MR) is 305 cm³/mol. The van der Waals surface area contributed by atoms with Crippen molar-refractivity contribution in [3.63, 3.8) is 0 Å². The van der Waals surface area contributed by atoms with Crippen LogP contribution in [0.5, 0.6) is 0 Å². The summed E-state index contributed by atoms with van der Waals surface area (Å²) in [6, 6.07) is 66.5. The normalized spacial score (nSPS) is 11.8. The van der Waals surface area contributed by atoms with Crippen LogP contribution in [0.25, 0.3) is 94.8 Å². The van der Waals surface area contributed by atoms with Crippen LogP contribution in [-0.4, -0.2) is 27.6 Å². The van der Waals surface area contributed by atoms with E-state index in [-0.39, 0.29) is 37.4 Å². The van der Waals surface area contributed by atoms with Crippen molar-refractivity contribution in [3.05, 3.63) is 211 Å². The van der Waals surface area contributed by atoms with Crippen molar-refractivity contribution >= 4 is 46.4 Å². The van der Waals surface area contributed by atoms with E-state index in [4.69, 9.17) is 14.4 Å². The maximum absolute atomic E-state index is 6.89. The van der Waals surface area contributed by atoms with Gasteiger partial charge in [-0.1, -0.05) is 188 Å². The molecule has 0 amide bonds. The summed E-state index contributed by atoms with van der Waals surface area (Å²) in [6.45, 7) is 22.8. The predicted octanol–water partition coefficient (Wildman–Crippen LogP) is 17.4. The van der Waals surface area contributed by atoms with Gasteiger partial charge in [-0.15, -0.1) is 54.1 Å². The molecule has 0 aliphatic carbocycles. The average Bonchev–Trinajstić information content (AvgIpc) is 3.97. The maximum Gasteiger partial charge on any atom is 0.155 e. The van der Waals surface area contributed by atoms with Gasteiger partial charge in [0.05, 0.1) is 25.0 Å². The van der Waals surface area contributed by atoms with Crippen LogP contribution in [0, 0.1) is 12.1 Å². The molecular formula is C66H62IrN4OSi-2. The first-order valence-electron chi connectivity index (χ1n) is 25.2. The Kier molecular flexibility index (Phi) is 14.5. The summed E-state index contributed by atoms with van der Waals surface area (Å²) in [5.41, 5.74) is 17.9. The molecule has 11 aromatic rings. The Morgan fingerprint density at radius 3 is 1.74 bits per heavy atom. The van der Waals surface area contributed by atoms with Crippen molar-refractivity contribution in [2.75, 3.05) is 0 Å². The summed E-state index contributed by atoms with van der Waals surface area (Å²) in [5, 5.41) is 3.50. The van der Waals surface area contributed by atoms with Gasteiger partial charge in [0, 0.05) is 43.6 Å². The SMILES string of the molecule is CC(C)c1cc(-c2ccccc2)cc(C(C)C)c1-n1c(-c2[c-]ccc3c2oc2cc(-c4ccc(-c5ccccc5)cc4)ccc23)nc2cc(C(C)(C)C)cnc21.C[Si](C)(C)c1ccc(-c2[c-]cccc2)nc1.[Ir]. The average molecular weight is 1150 g/mol. The van der Waals surface area contributed by atoms with Gasteiger partial charge in [-0.3, -0.25) is 4.98 Å². The monoisotopic (exact) mass is 1150 g/mol. The van der Waals surface area contributed by atoms with Crippen LogP contribution in [-0.2, 0) is 25.5 Å². The van der Waals surface area contributed by atoms with Crippen molar-refractivity contribution in [1.82, 2.24) is 19.5 Å². The van der Waals surface area contributed by atoms with E-state index in [0.717, 1.165) is 78.1 Å². The van der Waals surface area contributed by atoms with E-state index in [9.17, 15) is 0 Å². The van der Waals surface area contributed by atoms with Crippen LogP contribution in [0.4, 0.5) is 0 Å². The number of pyridine rings is 2. The number of hydrogen-bond acceptors (Lipinski definition) is 4. The fourth-order valence-corrected chi connectivity index (χ4v) is 10.5. The third-order valence-corrected chi connectivity index (χ3v) is 15.7. The molecule has 1 radical (unpaired) electrons. The second kappa shape index (κ2) is 20.8. The first-order valence-corrected chi connectivity index (χ1v) is 28.7. The van der Waals surface area contributed by atoms with Crippen LogP contribution in [0.1, 0.15) is 77.0 Å². The zero-order valence-electron chi connectivity index (χ0n) is 43.5. The maximum atomic E-state index is 6.89. The molecule has 0 aliphatic rings. The molecule has 7 aromatic carbocycles. The molecule has 0 fully saturated rings. The van der Waals surface area contributed by atoms with E-state index in [1.54, 1.807) is 0 Å². The van der Waals surface area contributed by atoms with Crippen LogP contribution in [0.2, 0.25) is 19.6 Å². The van der Waals surface area contributed by atoms with Crippen LogP contribution >= 0.6 is 0 Å². The number of nitrogens with zero attached hydrogens (tertiary/aromatic N) is 4. The number of fused-ring (bicyclic) bond motifs is 4. The number of furan rings is 1. The van der Waals surface area contributed by atoms with E-state index in [0.29, 0.717) is 0 Å². The number of imidazole rings is 1. The van der Waals surface area contributed by atoms with Crippen LogP contribution < -0.4 is 5.19 Å². The second-order valence-corrected chi connectivity index (χ2v) is 26.7. The fraction of sp³-hybridized carbons (Fsp3) is 0.197. The minimum Gasteiger partial charge on any atom is -0.501 e. The van der Waals surface area contributed by atoms with Crippen molar-refractivity contribution in [1.29, 1.82) is 0 Å². The van der Waals surface area contributed by atoms with Gasteiger partial charge >= 0.3 is 0 Å². The van der Waals surface area contributed by atoms with E-state index in [1.165, 1.54) is 38.6 Å². The smallest absolute Gasteiger partial charge is 0.155 e. The quantitative estimate of drug-likeness (QED) is 0.107. The molecule has 0 spiro atoms. The van der Waals surface area contributed by atoms with Gasteiger partial charge in [-0.25, -0.2) is 4.98 Å². The van der Waals surface area contributed by atoms with Crippen molar-refractivity contribution in [3.8, 4) is 61.7 Å². The van der Waals surface area contributed by atoms with Crippen LogP contribution in [0.3, 0.4) is 0 Å². The third kappa shape index (κ3) is 10.5. The van der Waals surface area contributed by atoms with Crippen LogP contribution in [0.15, 0.2) is 187 Å². The summed E-state index contributed by atoms with van der Waals surface area (Å²) in [7, 11) is -1.23. The summed E-state index contributed by atoms with van der Waals surface area (Å²) in [6.07, 6.45) is 4.04. The first-order chi connectivity index (χ1) is 34.6. The topological polar surface area (TPSA) is 56.7 Å². The molecular weight excluding hydrogens is 1090 g/mol. The Morgan fingerprint density at radius 1 is 0.562 bits per heavy atom. The molecule has 0 saturated carbocycles. The molecule has 0 saturated heterocycles. The van der Waals surface area contributed by atoms with Crippen molar-refractivity contribution < 1.29 is 24.5 Å². The van der Waals surface area contributed by atoms with Gasteiger partial charge < -0.3 is 14.0 Å². The number of hydrogen-bond donors (Lipinski definition) is 0. The van der Waals surface area contributed by atoms with Gasteiger partial charge in [0.25, 0.3) is 0 Å². The summed E-state index contributed by atoms with van der Waals surface area (Å²) >= 11 is 0. The molecule has 4 heterocycles. The molecule has 367 valence electrons. The standard InChI is InChI=1S/C52H46N3O.C14H16NSi.Ir/c1-32(2)44-27-39(35-17-12-9-13-18-35)28-45(33(3)4)48(44)55-50(54-46-30-40(52(5,6)7)31-53-51(46)55)43-20-14-19-42-41-26-25-38(29-47(41)56-49(42)43)37-23-21-36(22-24-37)34-15-10-8-11-16-34;1-16(2,3)13-9-10-14(15-11-13)12-7-5-4-6-8-12;/h8-19,21-33H,1-7H3;4-7,9-11H,1-3H3;/q2*-1;. The van der Waals surface area contributed by atoms with E-state index in [1.807, 2.05) is 48.8 Å². The minimum atomic E-state index is -1.23. The molecule has 0 unspecified atom stereocenters. The zero-order chi connectivity index (χ0) is 50.3. The number of benzene rings is 7. The van der Waals surface area contributed by atoms with Gasteiger partial charge in [-0.2, -0.15) is 0 Å². The van der Waals surface area contributed by atoms with Gasteiger partial charge in [0.15, 0.2) is 5.65 Å². The molecule has 0 aliphatic heterocycles. The Bertz CT molecular complexity index is 3650. The number of rotatable bonds is 9. The zero-order valence-corrected chi connectivity index (χ0v) is 46.9. The third-order valence-electron chi connectivity index (χ3n) is 13.7. The Labute approximate surface area is 445 Å². The Hall–Kier alpha value is -7.02. The van der Waals surface area contributed by atoms with Crippen molar-refractivity contribution in [2.24, 2.45) is 0 Å². The molecule has 7 heteroatoms. The van der Waals surface area contributed by atoms with E-state index >= 15 is 0 Å². The largest absolute Gasteiger partial charge is 0.501 e. The summed E-state index contributed by atoms with van der Waals surface area (Å²) < 4.78 is 9.18. The molecule has 0 atom stereocenters. The second-order valence-electron chi connectivity index (χ2n) is 21.6. The minimum absolute atomic E-state index is 0. The molecule has 5 nitrogen and oxygen atoms in total. The molecule has 0 N–H and O–H groups in total. The van der Waals surface area contributed by atoms with E-state index in [2.05, 4.69) is 223 Å². The molecule has 0 bridgehead atoms. The fourth-order valence-electron chi connectivity index (χ4n) is 9.49. The van der Waals surface area contributed by atoms with Crippen molar-refractivity contribution in [2.45, 2.75) is 85.4 Å². The number of aromatic nitrogens is 4. The van der Waals surface area contributed by atoms with Gasteiger partial charge in [0.1, 0.15) is 5.58 Å². The van der Waals surface area contributed by atoms with E-state index < -0.39 is 8.07 Å². The van der Waals surface area contributed by atoms with Gasteiger partial charge in [0.2, 0.25) is 0 Å². The Balaban J connectivity index is 0.000000329.